The summed E-state index contributed by atoms with van der Waals surface area (Å²) in [7, 11) is 0. The van der Waals surface area contributed by atoms with Crippen LogP contribution < -0.4 is 10.2 Å². The summed E-state index contributed by atoms with van der Waals surface area (Å²) < 4.78 is 0. The van der Waals surface area contributed by atoms with Gasteiger partial charge in [0.05, 0.1) is 0 Å². The predicted molar refractivity (Wildman–Crippen MR) is 80.8 cm³/mol. The molecule has 1 aromatic rings. The van der Waals surface area contributed by atoms with E-state index in [9.17, 15) is 0 Å². The Morgan fingerprint density at radius 2 is 2.16 bits per heavy atom. The fraction of sp³-hybridized carbons (Fsp3) is 0.733. The molecule has 19 heavy (non-hydrogen) atoms. The number of rotatable bonds is 4. The average molecular weight is 262 g/mol. The Hall–Kier alpha value is -1.32. The zero-order chi connectivity index (χ0) is 13.8. The van der Waals surface area contributed by atoms with Crippen LogP contribution in [0.1, 0.15) is 45.6 Å². The molecule has 0 radical (unpaired) electrons. The fourth-order valence-electron chi connectivity index (χ4n) is 2.79. The van der Waals surface area contributed by atoms with E-state index in [4.69, 9.17) is 0 Å². The van der Waals surface area contributed by atoms with Crippen LogP contribution in [0.2, 0.25) is 0 Å². The standard InChI is InChI=1S/C15H26N4/c1-5-8-16-14-12(3)15(18-10-17-14)19-9-6-7-11(2)13(19)4/h10-11,13H,5-9H2,1-4H3,(H,16,17,18). The third-order valence-electron chi connectivity index (χ3n) is 4.25. The zero-order valence-electron chi connectivity index (χ0n) is 12.6. The molecule has 1 aliphatic rings. The maximum atomic E-state index is 4.53. The maximum absolute atomic E-state index is 4.53. The Morgan fingerprint density at radius 3 is 2.89 bits per heavy atom. The Morgan fingerprint density at radius 1 is 1.37 bits per heavy atom. The largest absolute Gasteiger partial charge is 0.370 e. The second kappa shape index (κ2) is 6.22. The lowest BCUT2D eigenvalue weighted by Crippen LogP contribution is -2.43. The minimum atomic E-state index is 0.557. The lowest BCUT2D eigenvalue weighted by Gasteiger charge is -2.39. The first kappa shape index (κ1) is 14.1. The molecule has 0 bridgehead atoms. The molecule has 1 aliphatic heterocycles. The highest BCUT2D eigenvalue weighted by Gasteiger charge is 2.27. The molecule has 2 unspecified atom stereocenters. The first-order chi connectivity index (χ1) is 9.15. The van der Waals surface area contributed by atoms with E-state index < -0.39 is 0 Å². The Bertz CT molecular complexity index is 419. The van der Waals surface area contributed by atoms with Crippen molar-refractivity contribution < 1.29 is 0 Å². The SMILES string of the molecule is CCCNc1ncnc(N2CCCC(C)C2C)c1C. The van der Waals surface area contributed by atoms with Gasteiger partial charge in [0.1, 0.15) is 18.0 Å². The van der Waals surface area contributed by atoms with Gasteiger partial charge < -0.3 is 10.2 Å². The van der Waals surface area contributed by atoms with Crippen LogP contribution in [-0.4, -0.2) is 29.1 Å². The highest BCUT2D eigenvalue weighted by molar-refractivity contribution is 5.58. The van der Waals surface area contributed by atoms with Gasteiger partial charge in [-0.3, -0.25) is 0 Å². The van der Waals surface area contributed by atoms with E-state index in [1.165, 1.54) is 18.4 Å². The van der Waals surface area contributed by atoms with Crippen molar-refractivity contribution in [3.63, 3.8) is 0 Å². The summed E-state index contributed by atoms with van der Waals surface area (Å²) in [5.41, 5.74) is 1.18. The Labute approximate surface area is 116 Å². The summed E-state index contributed by atoms with van der Waals surface area (Å²) in [4.78, 5) is 11.3. The minimum Gasteiger partial charge on any atom is -0.370 e. The second-order valence-corrected chi connectivity index (χ2v) is 5.65. The molecular formula is C15H26N4. The molecule has 0 aromatic carbocycles. The topological polar surface area (TPSA) is 41.1 Å². The molecule has 106 valence electrons. The first-order valence-corrected chi connectivity index (χ1v) is 7.47. The van der Waals surface area contributed by atoms with E-state index in [1.807, 2.05) is 0 Å². The van der Waals surface area contributed by atoms with Crippen LogP contribution in [0.3, 0.4) is 0 Å². The van der Waals surface area contributed by atoms with Gasteiger partial charge in [0, 0.05) is 24.7 Å². The van der Waals surface area contributed by atoms with Crippen LogP contribution in [0.5, 0.6) is 0 Å². The van der Waals surface area contributed by atoms with E-state index in [-0.39, 0.29) is 0 Å². The molecule has 0 aliphatic carbocycles. The molecule has 2 heterocycles. The van der Waals surface area contributed by atoms with Crippen molar-refractivity contribution in [1.29, 1.82) is 0 Å². The highest BCUT2D eigenvalue weighted by atomic mass is 15.2. The first-order valence-electron chi connectivity index (χ1n) is 7.47. The van der Waals surface area contributed by atoms with Gasteiger partial charge >= 0.3 is 0 Å². The van der Waals surface area contributed by atoms with E-state index in [0.717, 1.165) is 37.1 Å². The molecule has 1 N–H and O–H groups in total. The van der Waals surface area contributed by atoms with Gasteiger partial charge in [-0.15, -0.1) is 0 Å². The van der Waals surface area contributed by atoms with E-state index in [1.54, 1.807) is 6.33 Å². The van der Waals surface area contributed by atoms with Crippen molar-refractivity contribution in [2.45, 2.75) is 53.0 Å². The molecule has 2 rings (SSSR count). The van der Waals surface area contributed by atoms with Crippen molar-refractivity contribution in [3.8, 4) is 0 Å². The average Bonchev–Trinajstić information content (AvgIpc) is 2.41. The molecule has 4 heteroatoms. The minimum absolute atomic E-state index is 0.557. The third kappa shape index (κ3) is 2.99. The number of anilines is 2. The number of hydrogen-bond acceptors (Lipinski definition) is 4. The monoisotopic (exact) mass is 262 g/mol. The Balaban J connectivity index is 2.24. The quantitative estimate of drug-likeness (QED) is 0.904. The van der Waals surface area contributed by atoms with E-state index >= 15 is 0 Å². The molecule has 1 aromatic heterocycles. The van der Waals surface area contributed by atoms with Crippen molar-refractivity contribution >= 4 is 11.6 Å². The summed E-state index contributed by atoms with van der Waals surface area (Å²) in [6.45, 7) is 11.0. The highest BCUT2D eigenvalue weighted by Crippen LogP contribution is 2.30. The molecule has 4 nitrogen and oxygen atoms in total. The van der Waals surface area contributed by atoms with Gasteiger partial charge in [0.15, 0.2) is 0 Å². The molecule has 1 saturated heterocycles. The number of aromatic nitrogens is 2. The van der Waals surface area contributed by atoms with Crippen LogP contribution in [0.25, 0.3) is 0 Å². The molecule has 2 atom stereocenters. The smallest absolute Gasteiger partial charge is 0.137 e. The van der Waals surface area contributed by atoms with Crippen molar-refractivity contribution in [1.82, 2.24) is 9.97 Å². The van der Waals surface area contributed by atoms with Crippen LogP contribution in [0.15, 0.2) is 6.33 Å². The van der Waals surface area contributed by atoms with E-state index in [2.05, 4.69) is 47.9 Å². The predicted octanol–water partition coefficient (Wildman–Crippen LogP) is 3.23. The lowest BCUT2D eigenvalue weighted by molar-refractivity contribution is 0.361. The molecule has 0 saturated carbocycles. The fourth-order valence-corrected chi connectivity index (χ4v) is 2.79. The van der Waals surface area contributed by atoms with Gasteiger partial charge in [-0.1, -0.05) is 13.8 Å². The van der Waals surface area contributed by atoms with E-state index in [0.29, 0.717) is 6.04 Å². The number of nitrogens with zero attached hydrogens (tertiary/aromatic N) is 3. The zero-order valence-corrected chi connectivity index (χ0v) is 12.6. The third-order valence-corrected chi connectivity index (χ3v) is 4.25. The molecule has 1 fully saturated rings. The van der Waals surface area contributed by atoms with Crippen LogP contribution in [-0.2, 0) is 0 Å². The lowest BCUT2D eigenvalue weighted by atomic mass is 9.92. The summed E-state index contributed by atoms with van der Waals surface area (Å²) >= 11 is 0. The van der Waals surface area contributed by atoms with Gasteiger partial charge in [-0.05, 0) is 39.0 Å². The molecule has 0 spiro atoms. The van der Waals surface area contributed by atoms with Gasteiger partial charge in [0.2, 0.25) is 0 Å². The number of hydrogen-bond donors (Lipinski definition) is 1. The number of piperidine rings is 1. The number of nitrogens with one attached hydrogen (secondary N) is 1. The molecular weight excluding hydrogens is 236 g/mol. The van der Waals surface area contributed by atoms with Crippen molar-refractivity contribution in [3.05, 3.63) is 11.9 Å². The summed E-state index contributed by atoms with van der Waals surface area (Å²) in [6.07, 6.45) is 5.37. The Kier molecular flexibility index (Phi) is 4.61. The second-order valence-electron chi connectivity index (χ2n) is 5.65. The van der Waals surface area contributed by atoms with Crippen LogP contribution in [0, 0.1) is 12.8 Å². The summed E-state index contributed by atoms with van der Waals surface area (Å²) in [5, 5.41) is 3.39. The van der Waals surface area contributed by atoms with Crippen LogP contribution in [0.4, 0.5) is 11.6 Å². The van der Waals surface area contributed by atoms with Gasteiger partial charge in [0.25, 0.3) is 0 Å². The van der Waals surface area contributed by atoms with Crippen molar-refractivity contribution in [2.75, 3.05) is 23.3 Å². The van der Waals surface area contributed by atoms with Crippen LogP contribution >= 0.6 is 0 Å². The summed E-state index contributed by atoms with van der Waals surface area (Å²) in [5.74, 6) is 2.82. The maximum Gasteiger partial charge on any atom is 0.137 e. The molecule has 0 amide bonds. The normalized spacial score (nSPS) is 23.5. The van der Waals surface area contributed by atoms with Crippen molar-refractivity contribution in [2.24, 2.45) is 5.92 Å². The summed E-state index contributed by atoms with van der Waals surface area (Å²) in [6, 6.07) is 0.557. The van der Waals surface area contributed by atoms with Gasteiger partial charge in [-0.2, -0.15) is 0 Å². The van der Waals surface area contributed by atoms with Gasteiger partial charge in [-0.25, -0.2) is 9.97 Å².